The minimum Gasteiger partial charge on any atom is -0.481 e. The number of halogens is 1. The van der Waals surface area contributed by atoms with Gasteiger partial charge in [-0.05, 0) is 24.1 Å². The summed E-state index contributed by atoms with van der Waals surface area (Å²) in [5.74, 6) is -1.25. The number of aromatic nitrogens is 2. The van der Waals surface area contributed by atoms with Gasteiger partial charge in [0.2, 0.25) is 0 Å². The van der Waals surface area contributed by atoms with Gasteiger partial charge in [-0.15, -0.1) is 0 Å². The van der Waals surface area contributed by atoms with E-state index in [9.17, 15) is 9.90 Å². The number of nitrogens with zero attached hydrogens (tertiary/aromatic N) is 2. The van der Waals surface area contributed by atoms with Gasteiger partial charge in [0, 0.05) is 24.1 Å². The molecule has 0 saturated carbocycles. The van der Waals surface area contributed by atoms with Crippen molar-refractivity contribution in [2.75, 3.05) is 0 Å². The van der Waals surface area contributed by atoms with Gasteiger partial charge in [-0.25, -0.2) is 0 Å². The van der Waals surface area contributed by atoms with Gasteiger partial charge in [-0.2, -0.15) is 5.10 Å². The Morgan fingerprint density at radius 3 is 2.68 bits per heavy atom. The quantitative estimate of drug-likeness (QED) is 0.920. The fraction of sp³-hybridized carbons (Fsp3) is 0.286. The van der Waals surface area contributed by atoms with E-state index in [0.717, 1.165) is 15.7 Å². The number of carboxylic acids is 1. The van der Waals surface area contributed by atoms with Crippen molar-refractivity contribution in [3.63, 3.8) is 0 Å². The topological polar surface area (TPSA) is 55.1 Å². The normalized spacial score (nSPS) is 12.3. The second-order valence-electron chi connectivity index (χ2n) is 4.52. The van der Waals surface area contributed by atoms with Crippen LogP contribution in [-0.4, -0.2) is 20.9 Å². The Morgan fingerprint density at radius 1 is 1.37 bits per heavy atom. The van der Waals surface area contributed by atoms with Crippen molar-refractivity contribution in [1.82, 2.24) is 9.78 Å². The molecule has 2 aromatic rings. The summed E-state index contributed by atoms with van der Waals surface area (Å²) in [6.45, 7) is 0. The Hall–Kier alpha value is -1.62. The summed E-state index contributed by atoms with van der Waals surface area (Å²) < 4.78 is 2.63. The van der Waals surface area contributed by atoms with Crippen LogP contribution in [0.25, 0.3) is 0 Å². The Bertz CT molecular complexity index is 580. The lowest BCUT2D eigenvalue weighted by Crippen LogP contribution is -2.19. The van der Waals surface area contributed by atoms with E-state index in [1.807, 2.05) is 43.6 Å². The van der Waals surface area contributed by atoms with Gasteiger partial charge < -0.3 is 5.11 Å². The highest BCUT2D eigenvalue weighted by molar-refractivity contribution is 9.10. The van der Waals surface area contributed by atoms with Crippen LogP contribution in [0.3, 0.4) is 0 Å². The smallest absolute Gasteiger partial charge is 0.307 e. The van der Waals surface area contributed by atoms with Crippen molar-refractivity contribution in [2.45, 2.75) is 12.8 Å². The van der Waals surface area contributed by atoms with E-state index in [1.165, 1.54) is 0 Å². The number of rotatable bonds is 5. The van der Waals surface area contributed by atoms with E-state index in [4.69, 9.17) is 0 Å². The van der Waals surface area contributed by atoms with Gasteiger partial charge in [0.15, 0.2) is 0 Å². The molecule has 0 bridgehead atoms. The predicted octanol–water partition coefficient (Wildman–Crippen LogP) is 2.67. The first-order valence-electron chi connectivity index (χ1n) is 6.01. The van der Waals surface area contributed by atoms with Crippen LogP contribution in [0.15, 0.2) is 41.0 Å². The zero-order chi connectivity index (χ0) is 13.8. The van der Waals surface area contributed by atoms with E-state index in [-0.39, 0.29) is 0 Å². The van der Waals surface area contributed by atoms with Gasteiger partial charge in [0.1, 0.15) is 0 Å². The molecule has 2 rings (SSSR count). The molecule has 0 amide bonds. The minimum atomic E-state index is -0.790. The van der Waals surface area contributed by atoms with Crippen LogP contribution in [-0.2, 0) is 24.7 Å². The molecule has 4 nitrogen and oxygen atoms in total. The van der Waals surface area contributed by atoms with Gasteiger partial charge in [-0.1, -0.05) is 34.1 Å². The number of hydrogen-bond donors (Lipinski definition) is 1. The molecule has 1 aromatic heterocycles. The highest BCUT2D eigenvalue weighted by Crippen LogP contribution is 2.21. The lowest BCUT2D eigenvalue weighted by atomic mass is 9.95. The standard InChI is InChI=1S/C14H15BrN2O2/c1-17-7-6-12(16-17)9-11(14(18)19)8-10-4-2-3-5-13(10)15/h2-7,11H,8-9H2,1H3,(H,18,19). The molecule has 0 saturated heterocycles. The van der Waals surface area contributed by atoms with E-state index in [1.54, 1.807) is 4.68 Å². The highest BCUT2D eigenvalue weighted by Gasteiger charge is 2.20. The average Bonchev–Trinajstić information content (AvgIpc) is 2.76. The van der Waals surface area contributed by atoms with Gasteiger partial charge in [0.25, 0.3) is 0 Å². The van der Waals surface area contributed by atoms with Crippen LogP contribution in [0.5, 0.6) is 0 Å². The molecule has 1 aromatic carbocycles. The SMILES string of the molecule is Cn1ccc(CC(Cc2ccccc2Br)C(=O)O)n1. The number of hydrogen-bond acceptors (Lipinski definition) is 2. The minimum absolute atomic E-state index is 0.442. The Kier molecular flexibility index (Phi) is 4.37. The highest BCUT2D eigenvalue weighted by atomic mass is 79.9. The summed E-state index contributed by atoms with van der Waals surface area (Å²) in [5.41, 5.74) is 1.81. The third-order valence-corrected chi connectivity index (χ3v) is 3.77. The second-order valence-corrected chi connectivity index (χ2v) is 5.37. The van der Waals surface area contributed by atoms with Gasteiger partial charge in [0.05, 0.1) is 11.6 Å². The zero-order valence-electron chi connectivity index (χ0n) is 10.6. The summed E-state index contributed by atoms with van der Waals surface area (Å²) in [7, 11) is 1.83. The number of carboxylic acid groups (broad SMARTS) is 1. The molecule has 0 spiro atoms. The molecule has 0 aliphatic rings. The predicted molar refractivity (Wildman–Crippen MR) is 75.9 cm³/mol. The summed E-state index contributed by atoms with van der Waals surface area (Å²) in [5, 5.41) is 13.6. The van der Waals surface area contributed by atoms with Crippen molar-refractivity contribution >= 4 is 21.9 Å². The van der Waals surface area contributed by atoms with Crippen LogP contribution in [0.2, 0.25) is 0 Å². The van der Waals surface area contributed by atoms with E-state index in [2.05, 4.69) is 21.0 Å². The first kappa shape index (κ1) is 13.8. The summed E-state index contributed by atoms with van der Waals surface area (Å²) in [6.07, 6.45) is 2.76. The first-order valence-corrected chi connectivity index (χ1v) is 6.80. The summed E-state index contributed by atoms with van der Waals surface area (Å²) in [6, 6.07) is 9.56. The molecule has 0 fully saturated rings. The summed E-state index contributed by atoms with van der Waals surface area (Å²) in [4.78, 5) is 11.4. The monoisotopic (exact) mass is 322 g/mol. The van der Waals surface area contributed by atoms with Crippen molar-refractivity contribution in [1.29, 1.82) is 0 Å². The fourth-order valence-electron chi connectivity index (χ4n) is 2.00. The maximum atomic E-state index is 11.4. The zero-order valence-corrected chi connectivity index (χ0v) is 12.2. The Balaban J connectivity index is 2.13. The molecule has 19 heavy (non-hydrogen) atoms. The molecule has 0 aliphatic carbocycles. The first-order chi connectivity index (χ1) is 9.06. The van der Waals surface area contributed by atoms with E-state index >= 15 is 0 Å². The molecule has 0 radical (unpaired) electrons. The molecule has 100 valence electrons. The lowest BCUT2D eigenvalue weighted by Gasteiger charge is -2.12. The summed E-state index contributed by atoms with van der Waals surface area (Å²) >= 11 is 3.45. The van der Waals surface area contributed by atoms with Crippen molar-refractivity contribution in [3.8, 4) is 0 Å². The largest absolute Gasteiger partial charge is 0.481 e. The van der Waals surface area contributed by atoms with Crippen molar-refractivity contribution in [2.24, 2.45) is 13.0 Å². The number of aryl methyl sites for hydroxylation is 1. The molecule has 0 aliphatic heterocycles. The van der Waals surface area contributed by atoms with Crippen LogP contribution in [0.1, 0.15) is 11.3 Å². The third-order valence-electron chi connectivity index (χ3n) is 3.00. The Morgan fingerprint density at radius 2 is 2.11 bits per heavy atom. The molecular formula is C14H15BrN2O2. The van der Waals surface area contributed by atoms with Crippen molar-refractivity contribution < 1.29 is 9.90 Å². The molecule has 5 heteroatoms. The van der Waals surface area contributed by atoms with Gasteiger partial charge >= 0.3 is 5.97 Å². The number of carbonyl (C=O) groups is 1. The van der Waals surface area contributed by atoms with Crippen molar-refractivity contribution in [3.05, 3.63) is 52.3 Å². The second kappa shape index (κ2) is 6.02. The average molecular weight is 323 g/mol. The maximum absolute atomic E-state index is 11.4. The fourth-order valence-corrected chi connectivity index (χ4v) is 2.45. The maximum Gasteiger partial charge on any atom is 0.307 e. The third kappa shape index (κ3) is 3.67. The molecule has 1 atom stereocenters. The van der Waals surface area contributed by atoms with E-state index < -0.39 is 11.9 Å². The van der Waals surface area contributed by atoms with E-state index in [0.29, 0.717) is 12.8 Å². The Labute approximate surface area is 120 Å². The molecule has 1 heterocycles. The van der Waals surface area contributed by atoms with Gasteiger partial charge in [-0.3, -0.25) is 9.48 Å². The van der Waals surface area contributed by atoms with Crippen LogP contribution in [0, 0.1) is 5.92 Å². The lowest BCUT2D eigenvalue weighted by molar-refractivity contribution is -0.141. The molecular weight excluding hydrogens is 308 g/mol. The van der Waals surface area contributed by atoms with Crippen LogP contribution in [0.4, 0.5) is 0 Å². The van der Waals surface area contributed by atoms with Crippen LogP contribution < -0.4 is 0 Å². The van der Waals surface area contributed by atoms with Crippen LogP contribution >= 0.6 is 15.9 Å². The number of benzene rings is 1. The molecule has 1 N–H and O–H groups in total. The molecule has 1 unspecified atom stereocenters. The number of aliphatic carboxylic acids is 1.